The number of carbonyl (C=O) groups is 2. The van der Waals surface area contributed by atoms with E-state index < -0.39 is 0 Å². The van der Waals surface area contributed by atoms with E-state index in [1.807, 2.05) is 61.7 Å². The quantitative estimate of drug-likeness (QED) is 0.106. The Labute approximate surface area is 208 Å². The van der Waals surface area contributed by atoms with E-state index >= 15 is 0 Å². The standard InChI is InChI=1S/C30H37NO4/c1-4-5-6-7-8-12-23(2)30(33)27-21-31(28-14-10-9-13-26(27)28)20-11-15-29(32)35-22-24-16-18-25(34-3)19-17-24/h9-10,12-14,16-19,21H,4-8,11,15,20,22H2,1-3H3. The van der Waals surface area contributed by atoms with E-state index in [9.17, 15) is 9.59 Å². The van der Waals surface area contributed by atoms with Gasteiger partial charge in [-0.3, -0.25) is 9.59 Å². The molecule has 0 amide bonds. The van der Waals surface area contributed by atoms with Crippen molar-refractivity contribution in [1.29, 1.82) is 0 Å². The first kappa shape index (κ1) is 26.3. The van der Waals surface area contributed by atoms with Crippen molar-refractivity contribution in [1.82, 2.24) is 4.57 Å². The molecule has 1 aromatic heterocycles. The van der Waals surface area contributed by atoms with Gasteiger partial charge in [0.1, 0.15) is 12.4 Å². The van der Waals surface area contributed by atoms with Gasteiger partial charge in [0.25, 0.3) is 0 Å². The Morgan fingerprint density at radius 2 is 1.74 bits per heavy atom. The molecule has 0 saturated carbocycles. The maximum Gasteiger partial charge on any atom is 0.306 e. The highest BCUT2D eigenvalue weighted by atomic mass is 16.5. The van der Waals surface area contributed by atoms with Crippen molar-refractivity contribution in [2.24, 2.45) is 0 Å². The number of carbonyl (C=O) groups excluding carboxylic acids is 2. The molecular formula is C30H37NO4. The largest absolute Gasteiger partial charge is 0.497 e. The normalized spacial score (nSPS) is 11.6. The van der Waals surface area contributed by atoms with Gasteiger partial charge in [0.15, 0.2) is 5.78 Å². The van der Waals surface area contributed by atoms with Crippen molar-refractivity contribution < 1.29 is 19.1 Å². The molecule has 0 fully saturated rings. The number of hydrogen-bond acceptors (Lipinski definition) is 4. The zero-order chi connectivity index (χ0) is 25.0. The number of hydrogen-bond donors (Lipinski definition) is 0. The lowest BCUT2D eigenvalue weighted by molar-refractivity contribution is -0.145. The molecule has 35 heavy (non-hydrogen) atoms. The van der Waals surface area contributed by atoms with Crippen LogP contribution in [0.1, 0.15) is 74.7 Å². The molecule has 186 valence electrons. The van der Waals surface area contributed by atoms with Crippen LogP contribution in [0.4, 0.5) is 0 Å². The summed E-state index contributed by atoms with van der Waals surface area (Å²) in [6.07, 6.45) is 10.7. The molecule has 0 N–H and O–H groups in total. The highest BCUT2D eigenvalue weighted by Gasteiger charge is 2.16. The molecule has 0 radical (unpaired) electrons. The number of para-hydroxylation sites is 1. The van der Waals surface area contributed by atoms with Crippen molar-refractivity contribution in [3.8, 4) is 5.75 Å². The Hall–Kier alpha value is -3.34. The number of unbranched alkanes of at least 4 members (excludes halogenated alkanes) is 4. The number of nitrogens with zero attached hydrogens (tertiary/aromatic N) is 1. The van der Waals surface area contributed by atoms with Crippen molar-refractivity contribution in [3.63, 3.8) is 0 Å². The molecule has 0 bridgehead atoms. The third-order valence-electron chi connectivity index (χ3n) is 6.24. The van der Waals surface area contributed by atoms with Crippen LogP contribution in [0.25, 0.3) is 10.9 Å². The summed E-state index contributed by atoms with van der Waals surface area (Å²) in [5, 5.41) is 0.957. The highest BCUT2D eigenvalue weighted by molar-refractivity contribution is 6.16. The number of aromatic nitrogens is 1. The number of methoxy groups -OCH3 is 1. The molecule has 2 aromatic carbocycles. The topological polar surface area (TPSA) is 57.5 Å². The van der Waals surface area contributed by atoms with E-state index in [-0.39, 0.29) is 18.4 Å². The van der Waals surface area contributed by atoms with Gasteiger partial charge in [-0.25, -0.2) is 0 Å². The monoisotopic (exact) mass is 475 g/mol. The van der Waals surface area contributed by atoms with Crippen LogP contribution in [-0.2, 0) is 22.7 Å². The van der Waals surface area contributed by atoms with E-state index in [0.29, 0.717) is 19.4 Å². The lowest BCUT2D eigenvalue weighted by Gasteiger charge is -2.07. The minimum Gasteiger partial charge on any atom is -0.497 e. The molecule has 1 heterocycles. The van der Waals surface area contributed by atoms with Gasteiger partial charge in [-0.1, -0.05) is 62.6 Å². The number of ketones is 1. The predicted molar refractivity (Wildman–Crippen MR) is 141 cm³/mol. The summed E-state index contributed by atoms with van der Waals surface area (Å²) in [5.41, 5.74) is 3.46. The maximum absolute atomic E-state index is 13.2. The number of fused-ring (bicyclic) bond motifs is 1. The summed E-state index contributed by atoms with van der Waals surface area (Å²) in [6.45, 7) is 5.00. The second-order valence-electron chi connectivity index (χ2n) is 8.93. The van der Waals surface area contributed by atoms with Crippen molar-refractivity contribution in [2.75, 3.05) is 7.11 Å². The molecule has 0 aliphatic carbocycles. The molecule has 0 saturated heterocycles. The van der Waals surface area contributed by atoms with E-state index in [1.54, 1.807) is 7.11 Å². The fourth-order valence-corrected chi connectivity index (χ4v) is 4.16. The van der Waals surface area contributed by atoms with Gasteiger partial charge in [-0.15, -0.1) is 0 Å². The summed E-state index contributed by atoms with van der Waals surface area (Å²) >= 11 is 0. The van der Waals surface area contributed by atoms with Gasteiger partial charge >= 0.3 is 5.97 Å². The molecule has 3 aromatic rings. The van der Waals surface area contributed by atoms with E-state index in [4.69, 9.17) is 9.47 Å². The third-order valence-corrected chi connectivity index (χ3v) is 6.24. The van der Waals surface area contributed by atoms with Crippen LogP contribution in [0.15, 0.2) is 66.4 Å². The fourth-order valence-electron chi connectivity index (χ4n) is 4.16. The van der Waals surface area contributed by atoms with E-state index in [2.05, 4.69) is 17.6 Å². The van der Waals surface area contributed by atoms with Crippen LogP contribution in [-0.4, -0.2) is 23.4 Å². The summed E-state index contributed by atoms with van der Waals surface area (Å²) in [5.74, 6) is 0.624. The molecule has 3 rings (SSSR count). The molecule has 0 atom stereocenters. The molecule has 0 spiro atoms. The second-order valence-corrected chi connectivity index (χ2v) is 8.93. The minimum absolute atomic E-state index is 0.0781. The van der Waals surface area contributed by atoms with Crippen molar-refractivity contribution in [2.45, 2.75) is 71.9 Å². The minimum atomic E-state index is -0.226. The molecule has 5 nitrogen and oxygen atoms in total. The molecule has 5 heteroatoms. The Bertz CT molecular complexity index is 1140. The Balaban J connectivity index is 1.56. The number of Topliss-reactive ketones (excluding diaryl/α,β-unsaturated/α-hetero) is 1. The maximum atomic E-state index is 13.2. The Morgan fingerprint density at radius 3 is 2.49 bits per heavy atom. The van der Waals surface area contributed by atoms with Crippen molar-refractivity contribution in [3.05, 3.63) is 77.5 Å². The summed E-state index contributed by atoms with van der Waals surface area (Å²) in [7, 11) is 1.62. The van der Waals surface area contributed by atoms with E-state index in [1.165, 1.54) is 19.3 Å². The molecule has 0 aliphatic rings. The van der Waals surface area contributed by atoms with Crippen LogP contribution >= 0.6 is 0 Å². The van der Waals surface area contributed by atoms with Gasteiger partial charge in [-0.05, 0) is 55.5 Å². The van der Waals surface area contributed by atoms with Gasteiger partial charge < -0.3 is 14.0 Å². The predicted octanol–water partition coefficient (Wildman–Crippen LogP) is 7.27. The SMILES string of the molecule is CCCCCCC=C(C)C(=O)c1cn(CCCC(=O)OCc2ccc(OC)cc2)c2ccccc12. The van der Waals surface area contributed by atoms with Gasteiger partial charge in [0, 0.05) is 35.6 Å². The first-order valence-corrected chi connectivity index (χ1v) is 12.6. The zero-order valence-electron chi connectivity index (χ0n) is 21.2. The van der Waals surface area contributed by atoms with Crippen molar-refractivity contribution >= 4 is 22.7 Å². The first-order chi connectivity index (χ1) is 17.0. The highest BCUT2D eigenvalue weighted by Crippen LogP contribution is 2.25. The van der Waals surface area contributed by atoms with Crippen LogP contribution in [0.3, 0.4) is 0 Å². The smallest absolute Gasteiger partial charge is 0.306 e. The van der Waals surface area contributed by atoms with Crippen LogP contribution in [0, 0.1) is 0 Å². The summed E-state index contributed by atoms with van der Waals surface area (Å²) in [4.78, 5) is 25.4. The molecule has 0 unspecified atom stereocenters. The number of ether oxygens (including phenoxy) is 2. The first-order valence-electron chi connectivity index (χ1n) is 12.6. The average Bonchev–Trinajstić information content (AvgIpc) is 3.25. The molecular weight excluding hydrogens is 438 g/mol. The summed E-state index contributed by atoms with van der Waals surface area (Å²) < 4.78 is 12.6. The van der Waals surface area contributed by atoms with Crippen LogP contribution in [0.5, 0.6) is 5.75 Å². The fraction of sp³-hybridized carbons (Fsp3) is 0.400. The number of aryl methyl sites for hydroxylation is 1. The summed E-state index contributed by atoms with van der Waals surface area (Å²) in [6, 6.07) is 15.4. The number of esters is 1. The van der Waals surface area contributed by atoms with E-state index in [0.717, 1.165) is 46.2 Å². The van der Waals surface area contributed by atoms with Gasteiger partial charge in [-0.2, -0.15) is 0 Å². The van der Waals surface area contributed by atoms with Gasteiger partial charge in [0.05, 0.1) is 7.11 Å². The average molecular weight is 476 g/mol. The number of rotatable bonds is 14. The van der Waals surface area contributed by atoms with Crippen LogP contribution in [0.2, 0.25) is 0 Å². The van der Waals surface area contributed by atoms with Gasteiger partial charge in [0.2, 0.25) is 0 Å². The zero-order valence-corrected chi connectivity index (χ0v) is 21.2. The second kappa shape index (κ2) is 13.5. The molecule has 0 aliphatic heterocycles. The number of benzene rings is 2. The Morgan fingerprint density at radius 1 is 0.971 bits per heavy atom. The number of allylic oxidation sites excluding steroid dienone is 2. The van der Waals surface area contributed by atoms with Crippen LogP contribution < -0.4 is 4.74 Å². The Kier molecular flexibility index (Phi) is 10.1. The lowest BCUT2D eigenvalue weighted by atomic mass is 10.0. The third kappa shape index (κ3) is 7.57. The lowest BCUT2D eigenvalue weighted by Crippen LogP contribution is -2.06.